The first-order valence-electron chi connectivity index (χ1n) is 5.19. The van der Waals surface area contributed by atoms with E-state index in [4.69, 9.17) is 10.3 Å². The molecule has 0 aliphatic carbocycles. The van der Waals surface area contributed by atoms with Gasteiger partial charge in [0.2, 0.25) is 5.91 Å². The van der Waals surface area contributed by atoms with Crippen LogP contribution >= 0.6 is 11.8 Å². The summed E-state index contributed by atoms with van der Waals surface area (Å²) in [4.78, 5) is 26.2. The first-order valence-corrected chi connectivity index (χ1v) is 6.34. The highest BCUT2D eigenvalue weighted by Gasteiger charge is 2.10. The first-order chi connectivity index (χ1) is 8.50. The van der Waals surface area contributed by atoms with E-state index in [1.165, 1.54) is 11.8 Å². The Morgan fingerprint density at radius 3 is 2.78 bits per heavy atom. The van der Waals surface area contributed by atoms with Crippen molar-refractivity contribution in [2.75, 3.05) is 12.4 Å². The molecule has 0 saturated carbocycles. The molecule has 0 aliphatic heterocycles. The summed E-state index contributed by atoms with van der Waals surface area (Å²) >= 11 is 1.40. The second-order valence-corrected chi connectivity index (χ2v) is 4.56. The first kappa shape index (κ1) is 14.5. The van der Waals surface area contributed by atoms with E-state index in [0.29, 0.717) is 5.75 Å². The smallest absolute Gasteiger partial charge is 0.253 e. The normalized spacial score (nSPS) is 10.3. The third-order valence-electron chi connectivity index (χ3n) is 2.06. The van der Waals surface area contributed by atoms with Crippen LogP contribution in [0.25, 0.3) is 0 Å². The number of nitrogens with one attached hydrogen (secondary N) is 1. The van der Waals surface area contributed by atoms with Crippen molar-refractivity contribution in [3.8, 4) is 0 Å². The molecule has 0 bridgehead atoms. The highest BCUT2D eigenvalue weighted by atomic mass is 32.2. The molecule has 0 aromatic carbocycles. The van der Waals surface area contributed by atoms with Crippen molar-refractivity contribution in [3.05, 3.63) is 17.0 Å². The van der Waals surface area contributed by atoms with E-state index in [-0.39, 0.29) is 18.3 Å². The Kier molecular flexibility index (Phi) is 5.66. The van der Waals surface area contributed by atoms with Gasteiger partial charge in [0, 0.05) is 11.3 Å². The number of primary amides is 1. The van der Waals surface area contributed by atoms with E-state index in [1.54, 1.807) is 0 Å². The predicted octanol–water partition coefficient (Wildman–Crippen LogP) is 0.0577. The zero-order valence-corrected chi connectivity index (χ0v) is 11.0. The molecule has 2 amide bonds. The summed E-state index contributed by atoms with van der Waals surface area (Å²) in [6, 6.07) is 0. The molecule has 0 atom stereocenters. The molecule has 0 saturated heterocycles. The quantitative estimate of drug-likeness (QED) is 0.680. The van der Waals surface area contributed by atoms with Crippen LogP contribution in [0.2, 0.25) is 0 Å². The van der Waals surface area contributed by atoms with Gasteiger partial charge in [0.05, 0.1) is 11.4 Å². The lowest BCUT2D eigenvalue weighted by atomic mass is 10.2. The Hall–Kier alpha value is -1.54. The van der Waals surface area contributed by atoms with Crippen LogP contribution in [0.4, 0.5) is 0 Å². The molecule has 0 unspecified atom stereocenters. The number of aryl methyl sites for hydroxylation is 2. The lowest BCUT2D eigenvalue weighted by Gasteiger charge is -2.03. The standard InChI is InChI=1S/C10H15N3O4S/c1-6-8(7(2)17-12-6)4-18-5-10(15)13-16-3-9(11)14/h3-5H2,1-2H3,(H2,11,14)(H,13,15). The number of nitrogens with two attached hydrogens (primary N) is 1. The maximum absolute atomic E-state index is 11.3. The van der Waals surface area contributed by atoms with Crippen molar-refractivity contribution in [1.29, 1.82) is 0 Å². The largest absolute Gasteiger partial charge is 0.368 e. The molecule has 18 heavy (non-hydrogen) atoms. The highest BCUT2D eigenvalue weighted by molar-refractivity contribution is 7.99. The Morgan fingerprint density at radius 2 is 2.22 bits per heavy atom. The molecule has 1 heterocycles. The minimum atomic E-state index is -0.640. The minimum Gasteiger partial charge on any atom is -0.368 e. The van der Waals surface area contributed by atoms with Gasteiger partial charge in [0.1, 0.15) is 5.76 Å². The van der Waals surface area contributed by atoms with Gasteiger partial charge >= 0.3 is 0 Å². The zero-order valence-electron chi connectivity index (χ0n) is 10.2. The summed E-state index contributed by atoms with van der Waals surface area (Å²) in [7, 11) is 0. The molecule has 100 valence electrons. The van der Waals surface area contributed by atoms with Crippen molar-refractivity contribution in [2.45, 2.75) is 19.6 Å². The van der Waals surface area contributed by atoms with Gasteiger partial charge in [-0.2, -0.15) is 0 Å². The van der Waals surface area contributed by atoms with Crippen molar-refractivity contribution >= 4 is 23.6 Å². The number of hydroxylamine groups is 1. The highest BCUT2D eigenvalue weighted by Crippen LogP contribution is 2.19. The van der Waals surface area contributed by atoms with Gasteiger partial charge in [-0.05, 0) is 13.8 Å². The van der Waals surface area contributed by atoms with Gasteiger partial charge in [-0.15, -0.1) is 11.8 Å². The van der Waals surface area contributed by atoms with Crippen LogP contribution in [0.1, 0.15) is 17.0 Å². The second-order valence-electron chi connectivity index (χ2n) is 3.58. The average Bonchev–Trinajstić information content (AvgIpc) is 2.60. The molecular weight excluding hydrogens is 258 g/mol. The molecule has 0 radical (unpaired) electrons. The summed E-state index contributed by atoms with van der Waals surface area (Å²) in [5.74, 6) is 0.629. The lowest BCUT2D eigenvalue weighted by Crippen LogP contribution is -2.30. The summed E-state index contributed by atoms with van der Waals surface area (Å²) in [5.41, 5.74) is 8.78. The summed E-state index contributed by atoms with van der Waals surface area (Å²) in [6.07, 6.45) is 0. The number of amides is 2. The van der Waals surface area contributed by atoms with Gasteiger partial charge < -0.3 is 10.3 Å². The molecule has 0 fully saturated rings. The molecule has 1 aromatic rings. The summed E-state index contributed by atoms with van der Waals surface area (Å²) in [5, 5.41) is 3.82. The third kappa shape index (κ3) is 4.76. The van der Waals surface area contributed by atoms with E-state index in [9.17, 15) is 9.59 Å². The summed E-state index contributed by atoms with van der Waals surface area (Å²) in [6.45, 7) is 3.34. The van der Waals surface area contributed by atoms with Crippen LogP contribution in [0.15, 0.2) is 4.52 Å². The van der Waals surface area contributed by atoms with Gasteiger partial charge in [-0.25, -0.2) is 5.48 Å². The average molecular weight is 273 g/mol. The molecule has 1 rings (SSSR count). The monoisotopic (exact) mass is 273 g/mol. The fourth-order valence-corrected chi connectivity index (χ4v) is 2.13. The van der Waals surface area contributed by atoms with Crippen LogP contribution in [-0.4, -0.2) is 29.3 Å². The number of rotatable bonds is 7. The van der Waals surface area contributed by atoms with Gasteiger partial charge in [-0.1, -0.05) is 5.16 Å². The zero-order chi connectivity index (χ0) is 13.5. The maximum Gasteiger partial charge on any atom is 0.253 e. The van der Waals surface area contributed by atoms with Crippen LogP contribution in [0.3, 0.4) is 0 Å². The van der Waals surface area contributed by atoms with Gasteiger partial charge in [0.25, 0.3) is 5.91 Å². The SMILES string of the molecule is Cc1noc(C)c1CSCC(=O)NOCC(N)=O. The van der Waals surface area contributed by atoms with Gasteiger partial charge in [-0.3, -0.25) is 14.4 Å². The molecule has 0 aliphatic rings. The number of nitrogens with zero attached hydrogens (tertiary/aromatic N) is 1. The molecule has 8 heteroatoms. The Balaban J connectivity index is 2.21. The van der Waals surface area contributed by atoms with Crippen molar-refractivity contribution < 1.29 is 18.9 Å². The molecule has 1 aromatic heterocycles. The topological polar surface area (TPSA) is 107 Å². The van der Waals surface area contributed by atoms with Crippen LogP contribution in [0.5, 0.6) is 0 Å². The second kappa shape index (κ2) is 7.02. The van der Waals surface area contributed by atoms with E-state index < -0.39 is 5.91 Å². The van der Waals surface area contributed by atoms with E-state index in [0.717, 1.165) is 17.0 Å². The van der Waals surface area contributed by atoms with Crippen LogP contribution in [-0.2, 0) is 20.2 Å². The Labute approximate surface area is 108 Å². The molecular formula is C10H15N3O4S. The number of aromatic nitrogens is 1. The van der Waals surface area contributed by atoms with Crippen LogP contribution < -0.4 is 11.2 Å². The molecule has 3 N–H and O–H groups in total. The van der Waals surface area contributed by atoms with Crippen molar-refractivity contribution in [3.63, 3.8) is 0 Å². The number of carbonyl (C=O) groups is 2. The van der Waals surface area contributed by atoms with E-state index >= 15 is 0 Å². The third-order valence-corrected chi connectivity index (χ3v) is 3.02. The predicted molar refractivity (Wildman–Crippen MR) is 65.4 cm³/mol. The van der Waals surface area contributed by atoms with Crippen molar-refractivity contribution in [1.82, 2.24) is 10.6 Å². The van der Waals surface area contributed by atoms with Crippen LogP contribution in [0, 0.1) is 13.8 Å². The fraction of sp³-hybridized carbons (Fsp3) is 0.500. The maximum atomic E-state index is 11.3. The fourth-order valence-electron chi connectivity index (χ4n) is 1.17. The van der Waals surface area contributed by atoms with E-state index in [2.05, 4.69) is 15.5 Å². The number of hydrogen-bond donors (Lipinski definition) is 2. The number of carbonyl (C=O) groups excluding carboxylic acids is 2. The van der Waals surface area contributed by atoms with Crippen molar-refractivity contribution in [2.24, 2.45) is 5.73 Å². The summed E-state index contributed by atoms with van der Waals surface area (Å²) < 4.78 is 5.00. The molecule has 0 spiro atoms. The molecule has 7 nitrogen and oxygen atoms in total. The Morgan fingerprint density at radius 1 is 1.50 bits per heavy atom. The Bertz CT molecular complexity index is 413. The van der Waals surface area contributed by atoms with E-state index in [1.807, 2.05) is 13.8 Å². The number of thioether (sulfide) groups is 1. The minimum absolute atomic E-state index is 0.211. The lowest BCUT2D eigenvalue weighted by molar-refractivity contribution is -0.135. The van der Waals surface area contributed by atoms with Gasteiger partial charge in [0.15, 0.2) is 6.61 Å². The number of hydrogen-bond acceptors (Lipinski definition) is 6.